The van der Waals surface area contributed by atoms with E-state index in [4.69, 9.17) is 17.7 Å². The molecule has 0 amide bonds. The van der Waals surface area contributed by atoms with Crippen LogP contribution in [-0.4, -0.2) is 54.5 Å². The second-order valence-corrected chi connectivity index (χ2v) is 3.53. The van der Waals surface area contributed by atoms with Crippen molar-refractivity contribution in [3.8, 4) is 0 Å². The molecule has 0 aliphatic rings. The summed E-state index contributed by atoms with van der Waals surface area (Å²) in [6.45, 7) is 0.412. The predicted octanol–water partition coefficient (Wildman–Crippen LogP) is -5.17. The van der Waals surface area contributed by atoms with Crippen LogP contribution in [0.3, 0.4) is 0 Å². The van der Waals surface area contributed by atoms with Gasteiger partial charge in [-0.3, -0.25) is 0 Å². The van der Waals surface area contributed by atoms with Gasteiger partial charge in [-0.15, -0.1) is 0 Å². The normalized spacial score (nSPS) is 18.0. The molecule has 0 aromatic heterocycles. The van der Waals surface area contributed by atoms with Gasteiger partial charge < -0.3 is 17.7 Å². The molecule has 0 aliphatic carbocycles. The van der Waals surface area contributed by atoms with Gasteiger partial charge in [0.15, 0.2) is 31.5 Å². The first-order valence-corrected chi connectivity index (χ1v) is 6.15. The summed E-state index contributed by atoms with van der Waals surface area (Å²) >= 11 is 0. The van der Waals surface area contributed by atoms with Crippen molar-refractivity contribution in [2.45, 2.75) is 5.97 Å². The molecule has 0 radical (unpaired) electrons. The van der Waals surface area contributed by atoms with E-state index in [0.717, 1.165) is 0 Å². The molecule has 0 aliphatic heterocycles. The second kappa shape index (κ2) is 5.37. The highest BCUT2D eigenvalue weighted by Crippen LogP contribution is 2.09. The first-order chi connectivity index (χ1) is 4.74. The van der Waals surface area contributed by atoms with Crippen LogP contribution in [0, 0.1) is 0 Å². The van der Waals surface area contributed by atoms with Gasteiger partial charge >= 0.3 is 0 Å². The lowest BCUT2D eigenvalue weighted by atomic mass is 10.6. The molecule has 0 N–H and O–H groups in total. The van der Waals surface area contributed by atoms with E-state index in [1.54, 1.807) is 0 Å². The minimum atomic E-state index is -0.827. The fourth-order valence-electron chi connectivity index (χ4n) is 0.604. The highest BCUT2D eigenvalue weighted by atomic mass is 28.2. The highest BCUT2D eigenvalue weighted by molar-refractivity contribution is 6.02. The molecule has 4 nitrogen and oxygen atoms in total. The smallest absolute Gasteiger partial charge is 0.275 e. The molecule has 0 fully saturated rings. The standard InChI is InChI=1S/C2H14O4Si4/c7-3-1-2(4-8,5-9)6-10/h1H2,7-10H3. The summed E-state index contributed by atoms with van der Waals surface area (Å²) in [5.74, 6) is -0.827. The summed E-state index contributed by atoms with van der Waals surface area (Å²) in [6, 6.07) is 0. The van der Waals surface area contributed by atoms with Crippen LogP contribution in [-0.2, 0) is 17.7 Å². The van der Waals surface area contributed by atoms with Gasteiger partial charge in [0.25, 0.3) is 5.97 Å². The summed E-state index contributed by atoms with van der Waals surface area (Å²) in [5, 5.41) is 0. The number of hydrogen-bond donors (Lipinski definition) is 0. The quantitative estimate of drug-likeness (QED) is 0.339. The molecule has 0 spiro atoms. The lowest BCUT2D eigenvalue weighted by Gasteiger charge is -2.29. The maximum atomic E-state index is 5.14. The summed E-state index contributed by atoms with van der Waals surface area (Å²) in [7, 11) is 2.52. The molecule has 0 rings (SSSR count). The fraction of sp³-hybridized carbons (Fsp3) is 1.00. The van der Waals surface area contributed by atoms with Gasteiger partial charge in [0, 0.05) is 0 Å². The molecule has 0 saturated heterocycles. The first-order valence-electron chi connectivity index (χ1n) is 2.89. The number of hydrogen-bond acceptors (Lipinski definition) is 4. The van der Waals surface area contributed by atoms with Gasteiger partial charge in [-0.25, -0.2) is 0 Å². The molecule has 0 saturated carbocycles. The van der Waals surface area contributed by atoms with Crippen LogP contribution in [0.1, 0.15) is 0 Å². The van der Waals surface area contributed by atoms with Crippen LogP contribution in [0.4, 0.5) is 0 Å². The fourth-order valence-corrected chi connectivity index (χ4v) is 3.31. The van der Waals surface area contributed by atoms with E-state index in [9.17, 15) is 0 Å². The minimum absolute atomic E-state index is 0.412. The van der Waals surface area contributed by atoms with Crippen molar-refractivity contribution < 1.29 is 17.7 Å². The summed E-state index contributed by atoms with van der Waals surface area (Å²) < 4.78 is 20.4. The molecule has 10 heavy (non-hydrogen) atoms. The van der Waals surface area contributed by atoms with Crippen molar-refractivity contribution in [3.05, 3.63) is 0 Å². The van der Waals surface area contributed by atoms with Gasteiger partial charge in [-0.1, -0.05) is 0 Å². The van der Waals surface area contributed by atoms with Gasteiger partial charge in [-0.05, 0) is 0 Å². The maximum Gasteiger partial charge on any atom is 0.275 e. The van der Waals surface area contributed by atoms with Gasteiger partial charge in [0.1, 0.15) is 17.1 Å². The monoisotopic (exact) mass is 214 g/mol. The van der Waals surface area contributed by atoms with Crippen LogP contribution in [0.2, 0.25) is 0 Å². The molecule has 0 heterocycles. The van der Waals surface area contributed by atoms with E-state index in [1.807, 2.05) is 0 Å². The SMILES string of the molecule is [SiH3]OCC(O[SiH3])(O[SiH3])O[SiH3]. The van der Waals surface area contributed by atoms with Crippen molar-refractivity contribution in [3.63, 3.8) is 0 Å². The highest BCUT2D eigenvalue weighted by Gasteiger charge is 2.26. The Kier molecular flexibility index (Phi) is 5.75. The molecule has 0 aromatic rings. The Morgan fingerprint density at radius 1 is 0.900 bits per heavy atom. The Morgan fingerprint density at radius 2 is 1.30 bits per heavy atom. The molecule has 8 heteroatoms. The van der Waals surface area contributed by atoms with E-state index < -0.39 is 5.97 Å². The molecular formula is C2H14O4Si4. The Morgan fingerprint density at radius 3 is 1.40 bits per heavy atom. The average Bonchev–Trinajstić information content (AvgIpc) is 2.01. The molecule has 62 valence electrons. The summed E-state index contributed by atoms with van der Waals surface area (Å²) in [4.78, 5) is 0. The van der Waals surface area contributed by atoms with Crippen LogP contribution < -0.4 is 0 Å². The maximum absolute atomic E-state index is 5.14. The van der Waals surface area contributed by atoms with Crippen LogP contribution in [0.15, 0.2) is 0 Å². The molecule has 0 atom stereocenters. The van der Waals surface area contributed by atoms with Gasteiger partial charge in [0.2, 0.25) is 0 Å². The number of rotatable bonds is 5. The predicted molar refractivity (Wildman–Crippen MR) is 51.7 cm³/mol. The molecule has 0 aromatic carbocycles. The summed E-state index contributed by atoms with van der Waals surface area (Å²) in [6.07, 6.45) is 0. The van der Waals surface area contributed by atoms with Crippen molar-refractivity contribution in [1.29, 1.82) is 0 Å². The Bertz CT molecular complexity index is 77.1. The van der Waals surface area contributed by atoms with E-state index in [1.165, 1.54) is 0 Å². The average molecular weight is 214 g/mol. The van der Waals surface area contributed by atoms with E-state index in [0.29, 0.717) is 48.6 Å². The second-order valence-electron chi connectivity index (χ2n) is 1.73. The van der Waals surface area contributed by atoms with Crippen LogP contribution in [0.5, 0.6) is 0 Å². The third-order valence-electron chi connectivity index (χ3n) is 1.25. The lowest BCUT2D eigenvalue weighted by molar-refractivity contribution is -0.263. The van der Waals surface area contributed by atoms with Gasteiger partial charge in [-0.2, -0.15) is 0 Å². The zero-order valence-electron chi connectivity index (χ0n) is 6.84. The zero-order chi connectivity index (χ0) is 8.04. The first kappa shape index (κ1) is 10.7. The third kappa shape index (κ3) is 2.75. The van der Waals surface area contributed by atoms with Crippen molar-refractivity contribution in [1.82, 2.24) is 0 Å². The molecular weight excluding hydrogens is 200 g/mol. The lowest BCUT2D eigenvalue weighted by Crippen LogP contribution is -2.42. The Hall–Kier alpha value is 0.708. The van der Waals surface area contributed by atoms with Crippen molar-refractivity contribution in [2.24, 2.45) is 0 Å². The third-order valence-corrected chi connectivity index (χ3v) is 3.41. The Balaban J connectivity index is 3.87. The van der Waals surface area contributed by atoms with E-state index in [2.05, 4.69) is 0 Å². The largest absolute Gasteiger partial charge is 0.420 e. The topological polar surface area (TPSA) is 36.9 Å². The zero-order valence-corrected chi connectivity index (χ0v) is 14.8. The van der Waals surface area contributed by atoms with Crippen molar-refractivity contribution >= 4 is 41.9 Å². The Labute approximate surface area is 72.7 Å². The minimum Gasteiger partial charge on any atom is -0.420 e. The van der Waals surface area contributed by atoms with Crippen LogP contribution in [0.25, 0.3) is 0 Å². The van der Waals surface area contributed by atoms with Crippen LogP contribution >= 0.6 is 0 Å². The van der Waals surface area contributed by atoms with E-state index >= 15 is 0 Å². The molecule has 0 unspecified atom stereocenters. The van der Waals surface area contributed by atoms with E-state index in [-0.39, 0.29) is 0 Å². The molecule has 0 bridgehead atoms. The van der Waals surface area contributed by atoms with Gasteiger partial charge in [0.05, 0.1) is 0 Å². The van der Waals surface area contributed by atoms with Crippen molar-refractivity contribution in [2.75, 3.05) is 6.61 Å². The summed E-state index contributed by atoms with van der Waals surface area (Å²) in [5.41, 5.74) is 0.